The zero-order valence-corrected chi connectivity index (χ0v) is 16.7. The quantitative estimate of drug-likeness (QED) is 0.321. The lowest BCUT2D eigenvalue weighted by molar-refractivity contribution is -0.118. The van der Waals surface area contributed by atoms with Gasteiger partial charge in [0.15, 0.2) is 11.5 Å². The predicted molar refractivity (Wildman–Crippen MR) is 111 cm³/mol. The van der Waals surface area contributed by atoms with Crippen LogP contribution in [0.4, 0.5) is 11.6 Å². The van der Waals surface area contributed by atoms with Crippen molar-refractivity contribution < 1.29 is 9.53 Å². The summed E-state index contributed by atoms with van der Waals surface area (Å²) in [5, 5.41) is 8.78. The highest BCUT2D eigenvalue weighted by atomic mass is 32.1. The van der Waals surface area contributed by atoms with Gasteiger partial charge in [-0.25, -0.2) is 0 Å². The second-order valence-corrected chi connectivity index (χ2v) is 6.32. The van der Waals surface area contributed by atoms with Crippen LogP contribution in [0.25, 0.3) is 0 Å². The lowest BCUT2D eigenvalue weighted by Crippen LogP contribution is -2.12. The molecule has 0 radical (unpaired) electrons. The van der Waals surface area contributed by atoms with E-state index in [0.29, 0.717) is 15.5 Å². The molecule has 1 heterocycles. The first-order chi connectivity index (χ1) is 13.0. The van der Waals surface area contributed by atoms with Crippen molar-refractivity contribution in [3.8, 4) is 5.75 Å². The summed E-state index contributed by atoms with van der Waals surface area (Å²) in [5.74, 6) is 1.08. The molecule has 27 heavy (non-hydrogen) atoms. The Bertz CT molecular complexity index is 894. The van der Waals surface area contributed by atoms with Gasteiger partial charge in [-0.05, 0) is 67.2 Å². The van der Waals surface area contributed by atoms with Gasteiger partial charge in [0.2, 0.25) is 16.6 Å². The second kappa shape index (κ2) is 10.4. The van der Waals surface area contributed by atoms with Gasteiger partial charge in [-0.2, -0.15) is 4.98 Å². The van der Waals surface area contributed by atoms with Gasteiger partial charge in [0.05, 0.1) is 0 Å². The summed E-state index contributed by atoms with van der Waals surface area (Å²) in [6, 6.07) is 5.83. The molecule has 5 N–H and O–H groups in total. The van der Waals surface area contributed by atoms with Crippen molar-refractivity contribution in [2.45, 2.75) is 19.8 Å². The van der Waals surface area contributed by atoms with Gasteiger partial charge in [0.25, 0.3) is 0 Å². The van der Waals surface area contributed by atoms with E-state index < -0.39 is 0 Å². The van der Waals surface area contributed by atoms with Crippen LogP contribution in [0.15, 0.2) is 30.5 Å². The minimum atomic E-state index is -0.0839. The molecule has 10 heteroatoms. The van der Waals surface area contributed by atoms with Gasteiger partial charge < -0.3 is 30.7 Å². The van der Waals surface area contributed by atoms with Crippen LogP contribution < -0.4 is 20.7 Å². The third kappa shape index (κ3) is 7.19. The van der Waals surface area contributed by atoms with Crippen molar-refractivity contribution in [3.05, 3.63) is 45.6 Å². The monoisotopic (exact) mass is 406 g/mol. The molecule has 0 saturated carbocycles. The van der Waals surface area contributed by atoms with Crippen LogP contribution in [0.1, 0.15) is 18.9 Å². The van der Waals surface area contributed by atoms with E-state index in [0.717, 1.165) is 29.8 Å². The fourth-order valence-electron chi connectivity index (χ4n) is 2.27. The van der Waals surface area contributed by atoms with Crippen LogP contribution >= 0.6 is 24.4 Å². The van der Waals surface area contributed by atoms with Crippen LogP contribution in [0.5, 0.6) is 5.75 Å². The summed E-state index contributed by atoms with van der Waals surface area (Å²) in [5.41, 5.74) is 2.14. The molecule has 0 aliphatic heterocycles. The zero-order chi connectivity index (χ0) is 19.6. The van der Waals surface area contributed by atoms with E-state index in [-0.39, 0.29) is 12.6 Å². The smallest absolute Gasteiger partial charge is 0.220 e. The van der Waals surface area contributed by atoms with Crippen LogP contribution in [0.3, 0.4) is 0 Å². The number of hydrogen-bond donors (Lipinski definition) is 5. The van der Waals surface area contributed by atoms with Crippen molar-refractivity contribution >= 4 is 42.0 Å². The van der Waals surface area contributed by atoms with Gasteiger partial charge in [0, 0.05) is 19.7 Å². The first kappa shape index (κ1) is 20.6. The number of nitrogens with zero attached hydrogens (tertiary/aromatic N) is 1. The maximum atomic E-state index is 10.8. The Morgan fingerprint density at radius 2 is 2.15 bits per heavy atom. The zero-order valence-electron chi connectivity index (χ0n) is 15.1. The fourth-order valence-corrected chi connectivity index (χ4v) is 2.73. The van der Waals surface area contributed by atoms with Gasteiger partial charge in [0.1, 0.15) is 5.75 Å². The van der Waals surface area contributed by atoms with E-state index in [1.54, 1.807) is 6.20 Å². The topological polar surface area (TPSA) is 107 Å². The lowest BCUT2D eigenvalue weighted by Gasteiger charge is -2.12. The number of aromatic nitrogens is 3. The molecule has 0 bridgehead atoms. The highest BCUT2D eigenvalue weighted by Crippen LogP contribution is 2.23. The second-order valence-electron chi connectivity index (χ2n) is 5.52. The Morgan fingerprint density at radius 1 is 1.33 bits per heavy atom. The molecular weight excluding hydrogens is 384 g/mol. The fraction of sp³-hybridized carbons (Fsp3) is 0.294. The highest BCUT2D eigenvalue weighted by Gasteiger charge is 2.04. The number of hydrogen-bond acceptors (Lipinski definition) is 7. The van der Waals surface area contributed by atoms with E-state index in [4.69, 9.17) is 29.2 Å². The van der Waals surface area contributed by atoms with Crippen LogP contribution in [0, 0.1) is 9.54 Å². The van der Waals surface area contributed by atoms with E-state index in [9.17, 15) is 4.79 Å². The molecule has 1 amide bonds. The van der Waals surface area contributed by atoms with Crippen molar-refractivity contribution in [2.75, 3.05) is 24.4 Å². The molecule has 0 unspecified atom stereocenters. The summed E-state index contributed by atoms with van der Waals surface area (Å²) in [7, 11) is 1.88. The Kier molecular flexibility index (Phi) is 7.96. The molecule has 144 valence electrons. The number of benzene rings is 1. The van der Waals surface area contributed by atoms with E-state index in [1.165, 1.54) is 6.92 Å². The predicted octanol–water partition coefficient (Wildman–Crippen LogP) is 3.27. The van der Waals surface area contributed by atoms with Crippen molar-refractivity contribution in [3.63, 3.8) is 0 Å². The van der Waals surface area contributed by atoms with Crippen molar-refractivity contribution in [1.82, 2.24) is 20.3 Å². The number of rotatable bonds is 9. The number of ether oxygens (including phenoxy) is 1. The molecule has 8 nitrogen and oxygen atoms in total. The summed E-state index contributed by atoms with van der Waals surface area (Å²) in [6.07, 6.45) is 5.18. The Labute approximate surface area is 167 Å². The molecule has 0 spiro atoms. The molecule has 1 aromatic heterocycles. The minimum absolute atomic E-state index is 0.0839. The molecule has 0 saturated heterocycles. The van der Waals surface area contributed by atoms with Gasteiger partial charge in [-0.1, -0.05) is 6.08 Å². The third-order valence-electron chi connectivity index (χ3n) is 3.48. The van der Waals surface area contributed by atoms with E-state index in [1.807, 2.05) is 31.3 Å². The summed E-state index contributed by atoms with van der Waals surface area (Å²) < 4.78 is 6.43. The SMILES string of the molecule is CNc1ccc(OCNc2nc(=S)[nH]c(=S)[nH]2)cc1CCC=CNC(C)=O. The molecule has 0 fully saturated rings. The number of carbonyl (C=O) groups is 1. The van der Waals surface area contributed by atoms with Gasteiger partial charge >= 0.3 is 0 Å². The van der Waals surface area contributed by atoms with Gasteiger partial charge in [-0.3, -0.25) is 4.79 Å². The summed E-state index contributed by atoms with van der Waals surface area (Å²) >= 11 is 9.99. The molecule has 1 aromatic carbocycles. The average molecular weight is 407 g/mol. The highest BCUT2D eigenvalue weighted by molar-refractivity contribution is 7.71. The number of allylic oxidation sites excluding steroid dienone is 1. The Balaban J connectivity index is 1.94. The van der Waals surface area contributed by atoms with Crippen molar-refractivity contribution in [1.29, 1.82) is 0 Å². The normalized spacial score (nSPS) is 10.6. The molecule has 0 aliphatic carbocycles. The minimum Gasteiger partial charge on any atom is -0.473 e. The third-order valence-corrected chi connectivity index (χ3v) is 3.87. The molecular formula is C17H22N6O2S2. The lowest BCUT2D eigenvalue weighted by atomic mass is 10.1. The van der Waals surface area contributed by atoms with Crippen LogP contribution in [0.2, 0.25) is 0 Å². The number of amides is 1. The molecule has 0 atom stereocenters. The number of H-pyrrole nitrogens is 2. The number of carbonyl (C=O) groups excluding carboxylic acids is 1. The summed E-state index contributed by atoms with van der Waals surface area (Å²) in [4.78, 5) is 20.5. The molecule has 2 aromatic rings. The largest absolute Gasteiger partial charge is 0.473 e. The number of anilines is 2. The van der Waals surface area contributed by atoms with Crippen LogP contribution in [-0.4, -0.2) is 34.6 Å². The maximum Gasteiger partial charge on any atom is 0.220 e. The molecule has 2 rings (SSSR count). The number of nitrogens with one attached hydrogen (secondary N) is 5. The maximum absolute atomic E-state index is 10.8. The average Bonchev–Trinajstić information content (AvgIpc) is 2.60. The van der Waals surface area contributed by atoms with Crippen molar-refractivity contribution in [2.24, 2.45) is 0 Å². The van der Waals surface area contributed by atoms with E-state index in [2.05, 4.69) is 30.9 Å². The Hall–Kier alpha value is -2.72. The molecule has 0 aliphatic rings. The Morgan fingerprint density at radius 3 is 2.85 bits per heavy atom. The van der Waals surface area contributed by atoms with Crippen LogP contribution in [-0.2, 0) is 11.2 Å². The number of aryl methyl sites for hydroxylation is 1. The van der Waals surface area contributed by atoms with E-state index >= 15 is 0 Å². The standard InChI is InChI=1S/C17H22N6O2S2/c1-11(24)19-8-4-3-5-12-9-13(6-7-14(12)18-2)25-10-20-15-21-16(26)23-17(27)22-15/h4,6-9,18H,3,5,10H2,1-2H3,(H,19,24)(H3,20,21,22,23,26,27). The number of aromatic amines is 2. The first-order valence-electron chi connectivity index (χ1n) is 8.28. The first-order valence-corrected chi connectivity index (χ1v) is 9.09. The summed E-state index contributed by atoms with van der Waals surface area (Å²) in [6.45, 7) is 1.68. The van der Waals surface area contributed by atoms with Gasteiger partial charge in [-0.15, -0.1) is 0 Å².